The molecule has 0 aromatic heterocycles. The van der Waals surface area contributed by atoms with Crippen molar-refractivity contribution in [2.75, 3.05) is 6.54 Å². The van der Waals surface area contributed by atoms with Gasteiger partial charge >= 0.3 is 0 Å². The van der Waals surface area contributed by atoms with Gasteiger partial charge in [-0.05, 0) is 55.4 Å². The summed E-state index contributed by atoms with van der Waals surface area (Å²) in [5, 5.41) is 0. The highest BCUT2D eigenvalue weighted by Crippen LogP contribution is 2.43. The van der Waals surface area contributed by atoms with Crippen molar-refractivity contribution in [3.8, 4) is 0 Å². The minimum Gasteiger partial charge on any atom is -0.207 e. The molecule has 0 saturated carbocycles. The molecular weight excluding hydrogens is 390 g/mol. The molecule has 1 saturated heterocycles. The summed E-state index contributed by atoms with van der Waals surface area (Å²) in [5.74, 6) is 0.264. The van der Waals surface area contributed by atoms with Gasteiger partial charge in [0.05, 0.1) is 4.90 Å². The van der Waals surface area contributed by atoms with Gasteiger partial charge in [-0.1, -0.05) is 80.6 Å². The monoisotopic (exact) mass is 423 g/mol. The van der Waals surface area contributed by atoms with E-state index in [9.17, 15) is 8.42 Å². The van der Waals surface area contributed by atoms with E-state index in [1.807, 2.05) is 63.2 Å². The van der Waals surface area contributed by atoms with Gasteiger partial charge in [-0.2, -0.15) is 4.31 Å². The van der Waals surface area contributed by atoms with Crippen molar-refractivity contribution in [2.24, 2.45) is 11.8 Å². The molecule has 3 rings (SSSR count). The minimum absolute atomic E-state index is 0.0874. The quantitative estimate of drug-likeness (QED) is 0.541. The molecule has 2 aromatic carbocycles. The van der Waals surface area contributed by atoms with Crippen LogP contribution < -0.4 is 0 Å². The lowest BCUT2D eigenvalue weighted by atomic mass is 9.83. The first-order chi connectivity index (χ1) is 14.0. The van der Waals surface area contributed by atoms with Gasteiger partial charge in [0, 0.05) is 18.5 Å². The molecule has 1 aliphatic heterocycles. The SMILES string of the molecule is C=C1CN(S(=O)(=O)c2c(C)cc(C)cc2C)[C@@H](CC(C)C)[C@H]1C(=C)c1ccccc1. The number of aryl methyl sites for hydroxylation is 3. The Kier molecular flexibility index (Phi) is 6.40. The third kappa shape index (κ3) is 4.17. The van der Waals surface area contributed by atoms with Crippen LogP contribution in [0, 0.1) is 32.6 Å². The second-order valence-corrected chi connectivity index (χ2v) is 10.8. The van der Waals surface area contributed by atoms with Gasteiger partial charge in [0.1, 0.15) is 0 Å². The Morgan fingerprint density at radius 3 is 2.20 bits per heavy atom. The average molecular weight is 424 g/mol. The molecule has 0 bridgehead atoms. The lowest BCUT2D eigenvalue weighted by Crippen LogP contribution is -2.39. The third-order valence-corrected chi connectivity index (χ3v) is 8.13. The maximum Gasteiger partial charge on any atom is 0.244 e. The van der Waals surface area contributed by atoms with Crippen molar-refractivity contribution in [1.82, 2.24) is 4.31 Å². The average Bonchev–Trinajstić information content (AvgIpc) is 2.97. The highest BCUT2D eigenvalue weighted by Gasteiger charge is 2.45. The molecule has 4 heteroatoms. The van der Waals surface area contributed by atoms with Crippen LogP contribution >= 0.6 is 0 Å². The van der Waals surface area contributed by atoms with Crippen LogP contribution in [0.25, 0.3) is 5.57 Å². The maximum absolute atomic E-state index is 13.9. The second kappa shape index (κ2) is 8.52. The number of rotatable bonds is 6. The minimum atomic E-state index is -3.66. The van der Waals surface area contributed by atoms with E-state index >= 15 is 0 Å². The van der Waals surface area contributed by atoms with Crippen molar-refractivity contribution in [3.63, 3.8) is 0 Å². The number of benzene rings is 2. The van der Waals surface area contributed by atoms with E-state index in [-0.39, 0.29) is 12.0 Å². The Bertz CT molecular complexity index is 1040. The van der Waals surface area contributed by atoms with E-state index in [2.05, 4.69) is 27.0 Å². The van der Waals surface area contributed by atoms with Crippen LogP contribution in [-0.2, 0) is 10.0 Å². The normalized spacial score (nSPS) is 20.1. The van der Waals surface area contributed by atoms with Crippen LogP contribution in [0.5, 0.6) is 0 Å². The van der Waals surface area contributed by atoms with Crippen LogP contribution in [0.15, 0.2) is 66.1 Å². The zero-order chi connectivity index (χ0) is 22.2. The summed E-state index contributed by atoms with van der Waals surface area (Å²) in [6.07, 6.45) is 0.763. The van der Waals surface area contributed by atoms with Gasteiger partial charge in [0.15, 0.2) is 0 Å². The number of nitrogens with zero attached hydrogens (tertiary/aromatic N) is 1. The Hall–Kier alpha value is -2.17. The summed E-state index contributed by atoms with van der Waals surface area (Å²) in [5.41, 5.74) is 5.57. The summed E-state index contributed by atoms with van der Waals surface area (Å²) in [6.45, 7) is 19.0. The second-order valence-electron chi connectivity index (χ2n) is 9.00. The summed E-state index contributed by atoms with van der Waals surface area (Å²) in [6, 6.07) is 13.7. The summed E-state index contributed by atoms with van der Waals surface area (Å²) < 4.78 is 29.4. The van der Waals surface area contributed by atoms with E-state index in [1.165, 1.54) is 0 Å². The van der Waals surface area contributed by atoms with Gasteiger partial charge in [-0.3, -0.25) is 0 Å². The topological polar surface area (TPSA) is 37.4 Å². The first kappa shape index (κ1) is 22.5. The van der Waals surface area contributed by atoms with Crippen molar-refractivity contribution in [3.05, 3.63) is 83.4 Å². The van der Waals surface area contributed by atoms with Crippen molar-refractivity contribution in [2.45, 2.75) is 52.0 Å². The van der Waals surface area contributed by atoms with E-state index in [0.717, 1.165) is 39.8 Å². The standard InChI is InChI=1S/C26H33NO2S/c1-17(2)13-24-25(22(7)23-11-9-8-10-12-23)21(6)16-27(24)30(28,29)26-19(4)14-18(3)15-20(26)5/h8-12,14-15,17,24-25H,6-7,13,16H2,1-5H3/t24-,25+/m0/s1. The molecule has 2 aromatic rings. The fourth-order valence-electron chi connectivity index (χ4n) is 4.86. The molecule has 0 radical (unpaired) electrons. The molecule has 0 amide bonds. The largest absolute Gasteiger partial charge is 0.244 e. The molecule has 1 heterocycles. The van der Waals surface area contributed by atoms with Crippen molar-refractivity contribution >= 4 is 15.6 Å². The zero-order valence-corrected chi connectivity index (χ0v) is 19.6. The summed E-state index contributed by atoms with van der Waals surface area (Å²) in [4.78, 5) is 0.431. The predicted molar refractivity (Wildman–Crippen MR) is 126 cm³/mol. The fourth-order valence-corrected chi connectivity index (χ4v) is 6.92. The third-order valence-electron chi connectivity index (χ3n) is 5.96. The Morgan fingerprint density at radius 2 is 1.67 bits per heavy atom. The predicted octanol–water partition coefficient (Wildman–Crippen LogP) is 5.92. The van der Waals surface area contributed by atoms with Crippen LogP contribution in [0.4, 0.5) is 0 Å². The zero-order valence-electron chi connectivity index (χ0n) is 18.8. The first-order valence-corrected chi connectivity index (χ1v) is 12.0. The van der Waals surface area contributed by atoms with Crippen LogP contribution in [0.3, 0.4) is 0 Å². The van der Waals surface area contributed by atoms with E-state index in [4.69, 9.17) is 0 Å². The van der Waals surface area contributed by atoms with Crippen LogP contribution in [-0.4, -0.2) is 25.3 Å². The van der Waals surface area contributed by atoms with Gasteiger partial charge in [-0.25, -0.2) is 8.42 Å². The molecule has 0 aliphatic carbocycles. The number of hydrogen-bond donors (Lipinski definition) is 0. The molecule has 30 heavy (non-hydrogen) atoms. The van der Waals surface area contributed by atoms with E-state index in [1.54, 1.807) is 4.31 Å². The lowest BCUT2D eigenvalue weighted by Gasteiger charge is -2.31. The Labute approximate surface area is 182 Å². The van der Waals surface area contributed by atoms with Crippen LogP contribution in [0.1, 0.15) is 42.5 Å². The molecule has 1 fully saturated rings. The molecule has 1 aliphatic rings. The Balaban J connectivity index is 2.08. The molecule has 2 atom stereocenters. The lowest BCUT2D eigenvalue weighted by molar-refractivity contribution is 0.316. The smallest absolute Gasteiger partial charge is 0.207 e. The van der Waals surface area contributed by atoms with Gasteiger partial charge in [0.2, 0.25) is 10.0 Å². The highest BCUT2D eigenvalue weighted by atomic mass is 32.2. The number of sulfonamides is 1. The van der Waals surface area contributed by atoms with Crippen LogP contribution in [0.2, 0.25) is 0 Å². The molecule has 0 spiro atoms. The van der Waals surface area contributed by atoms with Crippen molar-refractivity contribution in [1.29, 1.82) is 0 Å². The molecule has 0 unspecified atom stereocenters. The summed E-state index contributed by atoms with van der Waals surface area (Å²) >= 11 is 0. The van der Waals surface area contributed by atoms with E-state index in [0.29, 0.717) is 17.4 Å². The molecular formula is C26H33NO2S. The van der Waals surface area contributed by atoms with Crippen molar-refractivity contribution < 1.29 is 8.42 Å². The first-order valence-electron chi connectivity index (χ1n) is 10.6. The Morgan fingerprint density at radius 1 is 1.10 bits per heavy atom. The van der Waals surface area contributed by atoms with Gasteiger partial charge < -0.3 is 0 Å². The van der Waals surface area contributed by atoms with Gasteiger partial charge in [0.25, 0.3) is 0 Å². The summed E-state index contributed by atoms with van der Waals surface area (Å²) in [7, 11) is -3.66. The molecule has 0 N–H and O–H groups in total. The maximum atomic E-state index is 13.9. The molecule has 160 valence electrons. The highest BCUT2D eigenvalue weighted by molar-refractivity contribution is 7.89. The number of hydrogen-bond acceptors (Lipinski definition) is 2. The molecule has 3 nitrogen and oxygen atoms in total. The van der Waals surface area contributed by atoms with E-state index < -0.39 is 10.0 Å². The fraction of sp³-hybridized carbons (Fsp3) is 0.385. The van der Waals surface area contributed by atoms with Gasteiger partial charge in [-0.15, -0.1) is 0 Å².